The van der Waals surface area contributed by atoms with E-state index in [1.54, 1.807) is 6.20 Å². The minimum absolute atomic E-state index is 0.0450. The van der Waals surface area contributed by atoms with Crippen molar-refractivity contribution in [3.8, 4) is 0 Å². The number of likely N-dealkylation sites (tertiary alicyclic amines) is 1. The highest BCUT2D eigenvalue weighted by Crippen LogP contribution is 2.36. The van der Waals surface area contributed by atoms with E-state index in [1.807, 2.05) is 23.2 Å². The molecule has 3 aliphatic heterocycles. The van der Waals surface area contributed by atoms with Gasteiger partial charge in [0, 0.05) is 32.0 Å². The third kappa shape index (κ3) is 3.31. The molecule has 6 nitrogen and oxygen atoms in total. The molecule has 0 aliphatic carbocycles. The van der Waals surface area contributed by atoms with Gasteiger partial charge in [-0.1, -0.05) is 6.07 Å². The molecule has 24 heavy (non-hydrogen) atoms. The van der Waals surface area contributed by atoms with Crippen LogP contribution >= 0.6 is 0 Å². The summed E-state index contributed by atoms with van der Waals surface area (Å²) in [5.74, 6) is 0.267. The fraction of sp³-hybridized carbons (Fsp3) is 0.667. The molecule has 1 amide bonds. The van der Waals surface area contributed by atoms with E-state index in [0.29, 0.717) is 39.5 Å². The average molecular weight is 332 g/mol. The summed E-state index contributed by atoms with van der Waals surface area (Å²) in [4.78, 5) is 18.4. The summed E-state index contributed by atoms with van der Waals surface area (Å²) >= 11 is 0. The van der Waals surface area contributed by atoms with Gasteiger partial charge in [-0.2, -0.15) is 0 Å². The van der Waals surface area contributed by atoms with Crippen molar-refractivity contribution in [3.05, 3.63) is 30.1 Å². The molecule has 0 N–H and O–H groups in total. The van der Waals surface area contributed by atoms with E-state index >= 15 is 0 Å². The summed E-state index contributed by atoms with van der Waals surface area (Å²) in [5.41, 5.74) is 0.886. The highest BCUT2D eigenvalue weighted by Gasteiger charge is 2.50. The number of carbonyl (C=O) groups excluding carboxylic acids is 1. The summed E-state index contributed by atoms with van der Waals surface area (Å²) < 4.78 is 17.4. The molecule has 1 spiro atoms. The van der Waals surface area contributed by atoms with Crippen LogP contribution in [0.15, 0.2) is 24.5 Å². The van der Waals surface area contributed by atoms with E-state index in [0.717, 1.165) is 24.8 Å². The van der Waals surface area contributed by atoms with Crippen LogP contribution in [-0.4, -0.2) is 60.4 Å². The normalized spacial score (nSPS) is 28.8. The van der Waals surface area contributed by atoms with Gasteiger partial charge in [-0.3, -0.25) is 9.78 Å². The molecule has 0 aromatic carbocycles. The molecule has 1 aromatic heterocycles. The van der Waals surface area contributed by atoms with Crippen LogP contribution in [0.2, 0.25) is 0 Å². The first kappa shape index (κ1) is 16.0. The smallest absolute Gasteiger partial charge is 0.228 e. The van der Waals surface area contributed by atoms with Gasteiger partial charge in [0.25, 0.3) is 0 Å². The minimum atomic E-state index is -0.201. The van der Waals surface area contributed by atoms with Crippen LogP contribution in [0.4, 0.5) is 0 Å². The van der Waals surface area contributed by atoms with Crippen molar-refractivity contribution in [3.63, 3.8) is 0 Å². The highest BCUT2D eigenvalue weighted by molar-refractivity contribution is 5.80. The van der Waals surface area contributed by atoms with E-state index in [-0.39, 0.29) is 23.5 Å². The lowest BCUT2D eigenvalue weighted by Gasteiger charge is -2.53. The number of rotatable bonds is 4. The van der Waals surface area contributed by atoms with Crippen LogP contribution in [0.5, 0.6) is 0 Å². The Balaban J connectivity index is 1.27. The Morgan fingerprint density at radius 3 is 3.04 bits per heavy atom. The molecule has 3 aliphatic rings. The van der Waals surface area contributed by atoms with Gasteiger partial charge in [0.1, 0.15) is 5.60 Å². The fourth-order valence-corrected chi connectivity index (χ4v) is 3.84. The molecule has 4 rings (SSSR count). The van der Waals surface area contributed by atoms with Gasteiger partial charge in [0.2, 0.25) is 5.91 Å². The summed E-state index contributed by atoms with van der Waals surface area (Å²) in [5, 5.41) is 0. The zero-order valence-electron chi connectivity index (χ0n) is 13.9. The van der Waals surface area contributed by atoms with Gasteiger partial charge in [0.05, 0.1) is 38.3 Å². The third-order valence-electron chi connectivity index (χ3n) is 5.20. The Morgan fingerprint density at radius 1 is 1.38 bits per heavy atom. The number of aromatic nitrogens is 1. The Kier molecular flexibility index (Phi) is 4.52. The number of ether oxygens (including phenoxy) is 3. The first-order chi connectivity index (χ1) is 11.7. The van der Waals surface area contributed by atoms with Crippen LogP contribution in [0, 0.1) is 5.92 Å². The molecule has 4 heterocycles. The maximum Gasteiger partial charge on any atom is 0.228 e. The standard InChI is InChI=1S/C18H24N2O4/c21-17(15-3-6-22-11-15)20-12-18(13-20)8-16(4-7-24-18)23-10-14-2-1-5-19-9-14/h1-2,5,9,15-16H,3-4,6-8,10-13H2/t15-,16+/m1/s1. The first-order valence-corrected chi connectivity index (χ1v) is 8.75. The topological polar surface area (TPSA) is 60.9 Å². The van der Waals surface area contributed by atoms with Crippen molar-refractivity contribution in [2.75, 3.05) is 32.9 Å². The minimum Gasteiger partial charge on any atom is -0.381 e. The van der Waals surface area contributed by atoms with Crippen LogP contribution in [0.1, 0.15) is 24.8 Å². The fourth-order valence-electron chi connectivity index (χ4n) is 3.84. The molecular weight excluding hydrogens is 308 g/mol. The first-order valence-electron chi connectivity index (χ1n) is 8.75. The second-order valence-corrected chi connectivity index (χ2v) is 7.07. The summed E-state index contributed by atoms with van der Waals surface area (Å²) in [6.07, 6.45) is 6.40. The van der Waals surface area contributed by atoms with E-state index < -0.39 is 0 Å². The Morgan fingerprint density at radius 2 is 2.29 bits per heavy atom. The molecule has 0 saturated carbocycles. The van der Waals surface area contributed by atoms with Crippen LogP contribution in [-0.2, 0) is 25.6 Å². The molecule has 1 aromatic rings. The van der Waals surface area contributed by atoms with Gasteiger partial charge in [-0.25, -0.2) is 0 Å². The Hall–Kier alpha value is -1.50. The summed E-state index contributed by atoms with van der Waals surface area (Å²) in [6, 6.07) is 3.95. The van der Waals surface area contributed by atoms with Crippen molar-refractivity contribution in [1.82, 2.24) is 9.88 Å². The number of amides is 1. The molecule has 3 saturated heterocycles. The van der Waals surface area contributed by atoms with Crippen LogP contribution in [0.3, 0.4) is 0 Å². The SMILES string of the molecule is O=C([C@@H]1CCOC1)N1CC2(C[C@@H](OCc3cccnc3)CCO2)C1. The largest absolute Gasteiger partial charge is 0.381 e. The number of carbonyl (C=O) groups is 1. The lowest BCUT2D eigenvalue weighted by Crippen LogP contribution is -2.68. The maximum atomic E-state index is 12.4. The molecule has 6 heteroatoms. The van der Waals surface area contributed by atoms with Crippen molar-refractivity contribution in [2.24, 2.45) is 5.92 Å². The van der Waals surface area contributed by atoms with Gasteiger partial charge in [-0.15, -0.1) is 0 Å². The zero-order chi connectivity index (χ0) is 16.4. The monoisotopic (exact) mass is 332 g/mol. The zero-order valence-corrected chi connectivity index (χ0v) is 13.9. The van der Waals surface area contributed by atoms with Crippen molar-refractivity contribution < 1.29 is 19.0 Å². The number of hydrogen-bond acceptors (Lipinski definition) is 5. The lowest BCUT2D eigenvalue weighted by molar-refractivity contribution is -0.204. The number of nitrogens with zero attached hydrogens (tertiary/aromatic N) is 2. The van der Waals surface area contributed by atoms with Crippen molar-refractivity contribution in [2.45, 2.75) is 37.6 Å². The summed E-state index contributed by atoms with van der Waals surface area (Å²) in [6.45, 7) is 3.93. The third-order valence-corrected chi connectivity index (χ3v) is 5.20. The van der Waals surface area contributed by atoms with Crippen LogP contribution in [0.25, 0.3) is 0 Å². The van der Waals surface area contributed by atoms with E-state index in [1.165, 1.54) is 0 Å². The predicted molar refractivity (Wildman–Crippen MR) is 86.2 cm³/mol. The predicted octanol–water partition coefficient (Wildman–Crippen LogP) is 1.39. The highest BCUT2D eigenvalue weighted by atomic mass is 16.5. The van der Waals surface area contributed by atoms with Crippen molar-refractivity contribution >= 4 is 5.91 Å². The molecule has 130 valence electrons. The van der Waals surface area contributed by atoms with E-state index in [4.69, 9.17) is 14.2 Å². The lowest BCUT2D eigenvalue weighted by atomic mass is 9.84. The Labute approximate surface area is 142 Å². The molecule has 0 bridgehead atoms. The number of pyridine rings is 1. The summed E-state index contributed by atoms with van der Waals surface area (Å²) in [7, 11) is 0. The molecule has 3 fully saturated rings. The second kappa shape index (κ2) is 6.78. The van der Waals surface area contributed by atoms with Crippen molar-refractivity contribution in [1.29, 1.82) is 0 Å². The van der Waals surface area contributed by atoms with Gasteiger partial charge < -0.3 is 19.1 Å². The molecule has 2 atom stereocenters. The quantitative estimate of drug-likeness (QED) is 0.834. The molecule has 0 radical (unpaired) electrons. The number of hydrogen-bond donors (Lipinski definition) is 0. The van der Waals surface area contributed by atoms with E-state index in [9.17, 15) is 4.79 Å². The second-order valence-electron chi connectivity index (χ2n) is 7.07. The molecular formula is C18H24N2O4. The van der Waals surface area contributed by atoms with Crippen LogP contribution < -0.4 is 0 Å². The Bertz CT molecular complexity index is 568. The van der Waals surface area contributed by atoms with Gasteiger partial charge in [0.15, 0.2) is 0 Å². The van der Waals surface area contributed by atoms with Gasteiger partial charge >= 0.3 is 0 Å². The van der Waals surface area contributed by atoms with E-state index in [2.05, 4.69) is 4.98 Å². The molecule has 0 unspecified atom stereocenters. The average Bonchev–Trinajstić information content (AvgIpc) is 3.13. The maximum absolute atomic E-state index is 12.4. The van der Waals surface area contributed by atoms with Gasteiger partial charge in [-0.05, 0) is 24.5 Å².